The maximum atomic E-state index is 13.7. The van der Waals surface area contributed by atoms with Crippen molar-refractivity contribution in [2.45, 2.75) is 37.7 Å². The molecule has 0 fully saturated rings. The lowest BCUT2D eigenvalue weighted by Crippen LogP contribution is -2.33. The van der Waals surface area contributed by atoms with Crippen molar-refractivity contribution in [3.05, 3.63) is 72.1 Å². The van der Waals surface area contributed by atoms with Crippen LogP contribution in [0.5, 0.6) is 0 Å². The van der Waals surface area contributed by atoms with E-state index in [-0.39, 0.29) is 49.0 Å². The van der Waals surface area contributed by atoms with E-state index in [2.05, 4.69) is 54.8 Å². The number of carbonyl (C=O) groups is 1. The Hall–Kier alpha value is -4.16. The maximum absolute atomic E-state index is 13.7. The number of rotatable bonds is 16. The Morgan fingerprint density at radius 1 is 1.15 bits per heavy atom. The number of pyridine rings is 1. The lowest BCUT2D eigenvalue weighted by atomic mass is 10.0. The van der Waals surface area contributed by atoms with Crippen LogP contribution in [0.1, 0.15) is 30.5 Å². The molecule has 1 aromatic carbocycles. The van der Waals surface area contributed by atoms with Gasteiger partial charge >= 0.3 is 0 Å². The number of aliphatic imine (C=N–C) groups is 2. The number of aromatic nitrogens is 1. The van der Waals surface area contributed by atoms with Crippen LogP contribution in [0.3, 0.4) is 0 Å². The Morgan fingerprint density at radius 3 is 2.51 bits per heavy atom. The molecule has 0 saturated carbocycles. The van der Waals surface area contributed by atoms with Crippen LogP contribution in [0.25, 0.3) is 0 Å². The third kappa shape index (κ3) is 8.66. The molecule has 12 heteroatoms. The molecule has 1 atom stereocenters. The fourth-order valence-corrected chi connectivity index (χ4v) is 4.26. The second-order valence-electron chi connectivity index (χ2n) is 9.43. The summed E-state index contributed by atoms with van der Waals surface area (Å²) in [5.41, 5.74) is -0.0281. The van der Waals surface area contributed by atoms with E-state index < -0.39 is 17.9 Å². The van der Waals surface area contributed by atoms with Crippen molar-refractivity contribution in [2.24, 2.45) is 9.98 Å². The first-order valence-electron chi connectivity index (χ1n) is 13.4. The van der Waals surface area contributed by atoms with Crippen LogP contribution in [0.2, 0.25) is 0 Å². The van der Waals surface area contributed by atoms with Crippen LogP contribution in [-0.2, 0) is 16.8 Å². The molecule has 0 radical (unpaired) electrons. The highest BCUT2D eigenvalue weighted by Crippen LogP contribution is 2.40. The third-order valence-corrected chi connectivity index (χ3v) is 6.49. The van der Waals surface area contributed by atoms with Gasteiger partial charge in [-0.3, -0.25) is 9.79 Å². The minimum absolute atomic E-state index is 0.0490. The largest absolute Gasteiger partial charge is 0.385 e. The van der Waals surface area contributed by atoms with Gasteiger partial charge in [-0.1, -0.05) is 12.1 Å². The molecule has 1 aliphatic carbocycles. The van der Waals surface area contributed by atoms with Gasteiger partial charge in [0.05, 0.1) is 11.3 Å². The number of hydrogen-bond acceptors (Lipinski definition) is 8. The normalized spacial score (nSPS) is 16.7. The average Bonchev–Trinajstić information content (AvgIpc) is 3.32. The molecular weight excluding hydrogens is 530 g/mol. The van der Waals surface area contributed by atoms with Crippen molar-refractivity contribution in [2.75, 3.05) is 49.3 Å². The standard InChI is InChI=1S/C29H38F2N8O2/c1-4-15-35-27(40)23(18-33-3)26(39-24-12-7-20-13-14-29(41,28(30)31)25(20)38-24)37-19-36-22-10-8-21(9-11-22)34-17-6-5-16-32-2/h4,7-12,18,28,32,34,36,41H,1,3,5-6,13-17,19H2,2H3,(H,35,40)(H,37,38,39)/b23-18+. The van der Waals surface area contributed by atoms with Gasteiger partial charge in [-0.2, -0.15) is 0 Å². The SMILES string of the molecule is C=CCNC(=O)C(=C/N=C)/C(=N\CNc1ccc(NCCCCNC)cc1)Nc1ccc2c(n1)C(O)(C(F)F)CC2. The molecule has 1 unspecified atom stereocenters. The molecule has 1 heterocycles. The van der Waals surface area contributed by atoms with Gasteiger partial charge < -0.3 is 31.7 Å². The molecule has 0 bridgehead atoms. The summed E-state index contributed by atoms with van der Waals surface area (Å²) in [6.45, 7) is 9.17. The van der Waals surface area contributed by atoms with E-state index in [1.54, 1.807) is 12.1 Å². The molecule has 1 aromatic heterocycles. The predicted octanol–water partition coefficient (Wildman–Crippen LogP) is 3.66. The number of carbonyl (C=O) groups excluding carboxylic acids is 1. The van der Waals surface area contributed by atoms with Crippen molar-refractivity contribution >= 4 is 35.7 Å². The predicted molar refractivity (Wildman–Crippen MR) is 161 cm³/mol. The fraction of sp³-hybridized carbons (Fsp3) is 0.379. The number of unbranched alkanes of at least 4 members (excludes halogenated alkanes) is 1. The molecular formula is C29H38F2N8O2. The summed E-state index contributed by atoms with van der Waals surface area (Å²) < 4.78 is 27.3. The van der Waals surface area contributed by atoms with Crippen molar-refractivity contribution in [3.8, 4) is 0 Å². The van der Waals surface area contributed by atoms with E-state index in [4.69, 9.17) is 0 Å². The molecule has 1 amide bonds. The third-order valence-electron chi connectivity index (χ3n) is 6.49. The highest BCUT2D eigenvalue weighted by atomic mass is 19.3. The van der Waals surface area contributed by atoms with Crippen molar-refractivity contribution < 1.29 is 18.7 Å². The number of amides is 1. The van der Waals surface area contributed by atoms with E-state index in [1.165, 1.54) is 12.3 Å². The van der Waals surface area contributed by atoms with E-state index in [0.29, 0.717) is 5.56 Å². The lowest BCUT2D eigenvalue weighted by Gasteiger charge is -2.22. The number of hydrogen-bond donors (Lipinski definition) is 6. The van der Waals surface area contributed by atoms with E-state index in [1.807, 2.05) is 31.3 Å². The molecule has 6 N–H and O–H groups in total. The smallest absolute Gasteiger partial charge is 0.272 e. The summed E-state index contributed by atoms with van der Waals surface area (Å²) in [5.74, 6) is -0.281. The van der Waals surface area contributed by atoms with Gasteiger partial charge in [0, 0.05) is 30.7 Å². The van der Waals surface area contributed by atoms with Gasteiger partial charge in [0.1, 0.15) is 18.3 Å². The Labute approximate surface area is 239 Å². The zero-order valence-electron chi connectivity index (χ0n) is 23.2. The molecule has 41 heavy (non-hydrogen) atoms. The fourth-order valence-electron chi connectivity index (χ4n) is 4.26. The molecule has 2 aromatic rings. The second-order valence-corrected chi connectivity index (χ2v) is 9.43. The minimum atomic E-state index is -2.99. The van der Waals surface area contributed by atoms with Crippen LogP contribution in [0, 0.1) is 0 Å². The number of fused-ring (bicyclic) bond motifs is 1. The summed E-state index contributed by atoms with van der Waals surface area (Å²) >= 11 is 0. The van der Waals surface area contributed by atoms with Gasteiger partial charge in [-0.25, -0.2) is 18.8 Å². The van der Waals surface area contributed by atoms with Gasteiger partial charge in [0.25, 0.3) is 12.3 Å². The Morgan fingerprint density at radius 2 is 1.85 bits per heavy atom. The number of amidine groups is 1. The molecule has 0 aliphatic heterocycles. The minimum Gasteiger partial charge on any atom is -0.385 e. The van der Waals surface area contributed by atoms with E-state index >= 15 is 0 Å². The molecule has 0 saturated heterocycles. The van der Waals surface area contributed by atoms with Crippen LogP contribution < -0.4 is 26.6 Å². The van der Waals surface area contributed by atoms with Gasteiger partial charge in [-0.15, -0.1) is 6.58 Å². The second kappa shape index (κ2) is 15.6. The Kier molecular flexibility index (Phi) is 11.9. The highest BCUT2D eigenvalue weighted by molar-refractivity contribution is 6.25. The lowest BCUT2D eigenvalue weighted by molar-refractivity contribution is -0.116. The van der Waals surface area contributed by atoms with Crippen LogP contribution in [0.4, 0.5) is 26.0 Å². The zero-order chi connectivity index (χ0) is 29.7. The number of aryl methyl sites for hydroxylation is 1. The Balaban J connectivity index is 1.78. The van der Waals surface area contributed by atoms with Crippen molar-refractivity contribution in [1.82, 2.24) is 15.6 Å². The number of halogens is 2. The Bertz CT molecular complexity index is 1250. The van der Waals surface area contributed by atoms with Crippen LogP contribution >= 0.6 is 0 Å². The first-order valence-corrected chi connectivity index (χ1v) is 13.4. The summed E-state index contributed by atoms with van der Waals surface area (Å²) in [5, 5.41) is 25.8. The monoisotopic (exact) mass is 568 g/mol. The van der Waals surface area contributed by atoms with Crippen LogP contribution in [0.15, 0.2) is 70.8 Å². The molecule has 3 rings (SSSR count). The first kappa shape index (κ1) is 31.4. The first-order chi connectivity index (χ1) is 19.8. The topological polar surface area (TPSA) is 135 Å². The number of anilines is 3. The summed E-state index contributed by atoms with van der Waals surface area (Å²) in [6, 6.07) is 10.9. The average molecular weight is 569 g/mol. The molecule has 0 spiro atoms. The zero-order valence-corrected chi connectivity index (χ0v) is 23.2. The van der Waals surface area contributed by atoms with E-state index in [9.17, 15) is 18.7 Å². The van der Waals surface area contributed by atoms with Gasteiger partial charge in [-0.05, 0) is 81.9 Å². The molecule has 10 nitrogen and oxygen atoms in total. The highest BCUT2D eigenvalue weighted by Gasteiger charge is 2.46. The van der Waals surface area contributed by atoms with Gasteiger partial charge in [0.15, 0.2) is 5.60 Å². The number of nitrogens with one attached hydrogen (secondary N) is 5. The van der Waals surface area contributed by atoms with Crippen molar-refractivity contribution in [1.29, 1.82) is 0 Å². The summed E-state index contributed by atoms with van der Waals surface area (Å²) in [6.07, 6.45) is 2.09. The summed E-state index contributed by atoms with van der Waals surface area (Å²) in [7, 11) is 1.94. The van der Waals surface area contributed by atoms with Crippen molar-refractivity contribution in [3.63, 3.8) is 0 Å². The number of alkyl halides is 2. The number of benzene rings is 1. The maximum Gasteiger partial charge on any atom is 0.272 e. The molecule has 1 aliphatic rings. The van der Waals surface area contributed by atoms with Gasteiger partial charge in [0.2, 0.25) is 0 Å². The summed E-state index contributed by atoms with van der Waals surface area (Å²) in [4.78, 5) is 25.4. The quantitative estimate of drug-likeness (QED) is 0.0598. The molecule has 220 valence electrons. The van der Waals surface area contributed by atoms with E-state index in [0.717, 1.165) is 37.3 Å². The number of nitrogens with zero attached hydrogens (tertiary/aromatic N) is 3. The number of aliphatic hydroxyl groups is 1. The van der Waals surface area contributed by atoms with Crippen LogP contribution in [-0.4, -0.2) is 68.3 Å².